The van der Waals surface area contributed by atoms with Crippen LogP contribution < -0.4 is 11.5 Å². The van der Waals surface area contributed by atoms with Crippen molar-refractivity contribution < 1.29 is 4.79 Å². The molecule has 0 aromatic carbocycles. The molecule has 0 saturated heterocycles. The molecule has 15 heavy (non-hydrogen) atoms. The first-order valence-electron chi connectivity index (χ1n) is 4.45. The average molecular weight is 223 g/mol. The van der Waals surface area contributed by atoms with Crippen molar-refractivity contribution >= 4 is 23.1 Å². The van der Waals surface area contributed by atoms with Gasteiger partial charge in [-0.3, -0.25) is 4.79 Å². The summed E-state index contributed by atoms with van der Waals surface area (Å²) in [6, 6.07) is 3.97. The zero-order valence-electron chi connectivity index (χ0n) is 8.43. The Kier molecular flexibility index (Phi) is 4.05. The number of rotatable bonds is 3. The SMILES string of the molecule is C/C=C(/Cc1cccs1)N=C(N)C(N)=O. The monoisotopic (exact) mass is 223 g/mol. The molecule has 0 atom stereocenters. The Labute approximate surface area is 92.3 Å². The molecular formula is C10H13N3OS. The lowest BCUT2D eigenvalue weighted by Crippen LogP contribution is -2.30. The number of allylic oxidation sites excluding steroid dienone is 2. The van der Waals surface area contributed by atoms with Gasteiger partial charge in [0.2, 0.25) is 0 Å². The fourth-order valence-corrected chi connectivity index (χ4v) is 1.73. The van der Waals surface area contributed by atoms with Crippen molar-refractivity contribution in [2.45, 2.75) is 13.3 Å². The Morgan fingerprint density at radius 3 is 2.80 bits per heavy atom. The molecular weight excluding hydrogens is 210 g/mol. The van der Waals surface area contributed by atoms with Gasteiger partial charge in [0.25, 0.3) is 5.91 Å². The molecule has 0 fully saturated rings. The zero-order valence-corrected chi connectivity index (χ0v) is 9.25. The van der Waals surface area contributed by atoms with E-state index >= 15 is 0 Å². The van der Waals surface area contributed by atoms with Gasteiger partial charge in [-0.2, -0.15) is 0 Å². The summed E-state index contributed by atoms with van der Waals surface area (Å²) in [5.74, 6) is -0.847. The van der Waals surface area contributed by atoms with E-state index in [4.69, 9.17) is 11.5 Å². The molecule has 80 valence electrons. The summed E-state index contributed by atoms with van der Waals surface area (Å²) in [5.41, 5.74) is 11.1. The van der Waals surface area contributed by atoms with Crippen LogP contribution in [0.25, 0.3) is 0 Å². The number of carbonyl (C=O) groups excluding carboxylic acids is 1. The maximum Gasteiger partial charge on any atom is 0.283 e. The Morgan fingerprint density at radius 2 is 2.33 bits per heavy atom. The van der Waals surface area contributed by atoms with Crippen molar-refractivity contribution in [2.75, 3.05) is 0 Å². The van der Waals surface area contributed by atoms with Gasteiger partial charge in [0.15, 0.2) is 5.84 Å². The standard InChI is InChI=1S/C10H13N3OS/c1-2-7(13-9(11)10(12)14)6-8-4-3-5-15-8/h2-5H,6H2,1H3,(H2,11,13)(H2,12,14)/b7-2-. The molecule has 0 aliphatic carbocycles. The van der Waals surface area contributed by atoms with Crippen molar-refractivity contribution in [3.8, 4) is 0 Å². The Bertz CT molecular complexity index is 393. The maximum atomic E-state index is 10.7. The fraction of sp³-hybridized carbons (Fsp3) is 0.200. The summed E-state index contributed by atoms with van der Waals surface area (Å²) in [6.45, 7) is 1.85. The van der Waals surface area contributed by atoms with Crippen LogP contribution in [-0.2, 0) is 11.2 Å². The van der Waals surface area contributed by atoms with Crippen LogP contribution in [0.3, 0.4) is 0 Å². The predicted octanol–water partition coefficient (Wildman–Crippen LogP) is 1.04. The number of amidine groups is 1. The Balaban J connectivity index is 2.75. The van der Waals surface area contributed by atoms with Crippen molar-refractivity contribution in [3.63, 3.8) is 0 Å². The number of nitrogens with two attached hydrogens (primary N) is 2. The summed E-state index contributed by atoms with van der Waals surface area (Å²) in [7, 11) is 0. The highest BCUT2D eigenvalue weighted by Gasteiger charge is 2.03. The van der Waals surface area contributed by atoms with Gasteiger partial charge >= 0.3 is 0 Å². The normalized spacial score (nSPS) is 12.9. The third-order valence-electron chi connectivity index (χ3n) is 1.79. The number of carbonyl (C=O) groups is 1. The number of aliphatic imine (C=N–C) groups is 1. The highest BCUT2D eigenvalue weighted by atomic mass is 32.1. The van der Waals surface area contributed by atoms with Crippen molar-refractivity contribution in [2.24, 2.45) is 16.5 Å². The van der Waals surface area contributed by atoms with Crippen LogP contribution in [0.2, 0.25) is 0 Å². The molecule has 0 bridgehead atoms. The van der Waals surface area contributed by atoms with Crippen LogP contribution in [0, 0.1) is 0 Å². The molecule has 1 amide bonds. The lowest BCUT2D eigenvalue weighted by Gasteiger charge is -2.00. The quantitative estimate of drug-likeness (QED) is 0.593. The third kappa shape index (κ3) is 3.55. The maximum absolute atomic E-state index is 10.7. The zero-order chi connectivity index (χ0) is 11.3. The summed E-state index contributed by atoms with van der Waals surface area (Å²) in [5, 5.41) is 1.99. The molecule has 0 radical (unpaired) electrons. The van der Waals surface area contributed by atoms with Gasteiger partial charge in [-0.25, -0.2) is 4.99 Å². The summed E-state index contributed by atoms with van der Waals surface area (Å²) in [4.78, 5) is 15.8. The summed E-state index contributed by atoms with van der Waals surface area (Å²) < 4.78 is 0. The summed E-state index contributed by atoms with van der Waals surface area (Å²) in [6.07, 6.45) is 2.48. The first kappa shape index (κ1) is 11.5. The van der Waals surface area contributed by atoms with Crippen LogP contribution in [0.1, 0.15) is 11.8 Å². The average Bonchev–Trinajstić information content (AvgIpc) is 2.69. The second-order valence-electron chi connectivity index (χ2n) is 2.90. The van der Waals surface area contributed by atoms with Gasteiger partial charge < -0.3 is 11.5 Å². The molecule has 0 saturated carbocycles. The molecule has 0 unspecified atom stereocenters. The second-order valence-corrected chi connectivity index (χ2v) is 3.93. The number of hydrogen-bond acceptors (Lipinski definition) is 3. The van der Waals surface area contributed by atoms with E-state index in [1.165, 1.54) is 4.88 Å². The smallest absolute Gasteiger partial charge is 0.283 e. The highest BCUT2D eigenvalue weighted by Crippen LogP contribution is 2.14. The molecule has 1 aromatic heterocycles. The summed E-state index contributed by atoms with van der Waals surface area (Å²) >= 11 is 1.64. The van der Waals surface area contributed by atoms with Crippen LogP contribution in [0.15, 0.2) is 34.3 Å². The number of primary amides is 1. The Morgan fingerprint density at radius 1 is 1.60 bits per heavy atom. The van der Waals surface area contributed by atoms with Crippen molar-refractivity contribution in [1.29, 1.82) is 0 Å². The first-order valence-corrected chi connectivity index (χ1v) is 5.33. The van der Waals surface area contributed by atoms with E-state index < -0.39 is 5.91 Å². The second kappa shape index (κ2) is 5.31. The van der Waals surface area contributed by atoms with Gasteiger partial charge in [0, 0.05) is 17.0 Å². The van der Waals surface area contributed by atoms with Crippen LogP contribution in [0.4, 0.5) is 0 Å². The van der Waals surface area contributed by atoms with Gasteiger partial charge in [0.05, 0.1) is 0 Å². The largest absolute Gasteiger partial charge is 0.379 e. The van der Waals surface area contributed by atoms with E-state index in [2.05, 4.69) is 4.99 Å². The Hall–Kier alpha value is -1.62. The minimum atomic E-state index is -0.694. The number of thiophene rings is 1. The minimum absolute atomic E-state index is 0.153. The number of amides is 1. The predicted molar refractivity (Wildman–Crippen MR) is 62.6 cm³/mol. The van der Waals surface area contributed by atoms with E-state index in [0.29, 0.717) is 6.42 Å². The van der Waals surface area contributed by atoms with Gasteiger partial charge in [-0.05, 0) is 18.4 Å². The molecule has 0 spiro atoms. The van der Waals surface area contributed by atoms with E-state index in [1.807, 2.05) is 30.5 Å². The molecule has 0 aliphatic rings. The van der Waals surface area contributed by atoms with Crippen molar-refractivity contribution in [3.05, 3.63) is 34.2 Å². The third-order valence-corrected chi connectivity index (χ3v) is 2.66. The van der Waals surface area contributed by atoms with Gasteiger partial charge in [-0.15, -0.1) is 11.3 Å². The van der Waals surface area contributed by atoms with E-state index in [9.17, 15) is 4.79 Å². The molecule has 1 rings (SSSR count). The lowest BCUT2D eigenvalue weighted by atomic mass is 10.2. The van der Waals surface area contributed by atoms with Crippen LogP contribution in [0.5, 0.6) is 0 Å². The van der Waals surface area contributed by atoms with Gasteiger partial charge in [-0.1, -0.05) is 12.1 Å². The number of hydrogen-bond donors (Lipinski definition) is 2. The number of nitrogens with zero attached hydrogens (tertiary/aromatic N) is 1. The van der Waals surface area contributed by atoms with Crippen LogP contribution in [-0.4, -0.2) is 11.7 Å². The van der Waals surface area contributed by atoms with E-state index in [-0.39, 0.29) is 5.84 Å². The van der Waals surface area contributed by atoms with E-state index in [1.54, 1.807) is 11.3 Å². The molecule has 1 heterocycles. The first-order chi connectivity index (χ1) is 7.13. The highest BCUT2D eigenvalue weighted by molar-refractivity contribution is 7.09. The topological polar surface area (TPSA) is 81.5 Å². The molecule has 5 heteroatoms. The fourth-order valence-electron chi connectivity index (χ4n) is 1.01. The van der Waals surface area contributed by atoms with Crippen molar-refractivity contribution in [1.82, 2.24) is 0 Å². The minimum Gasteiger partial charge on any atom is -0.379 e. The molecule has 1 aromatic rings. The molecule has 0 aliphatic heterocycles. The lowest BCUT2D eigenvalue weighted by molar-refractivity contribution is -0.112. The van der Waals surface area contributed by atoms with E-state index in [0.717, 1.165) is 5.70 Å². The molecule has 4 nitrogen and oxygen atoms in total. The molecule has 4 N–H and O–H groups in total. The van der Waals surface area contributed by atoms with Gasteiger partial charge in [0.1, 0.15) is 0 Å². The van der Waals surface area contributed by atoms with Crippen LogP contribution >= 0.6 is 11.3 Å².